The van der Waals surface area contributed by atoms with Crippen molar-refractivity contribution in [3.63, 3.8) is 0 Å². The second-order valence-electron chi connectivity index (χ2n) is 5.67. The highest BCUT2D eigenvalue weighted by molar-refractivity contribution is 5.65. The Hall–Kier alpha value is -1.80. The van der Waals surface area contributed by atoms with Crippen LogP contribution in [0.15, 0.2) is 54.6 Å². The van der Waals surface area contributed by atoms with Crippen LogP contribution in [-0.2, 0) is 0 Å². The molecule has 1 fully saturated rings. The third kappa shape index (κ3) is 3.20. The van der Waals surface area contributed by atoms with Crippen molar-refractivity contribution in [3.8, 4) is 11.1 Å². The minimum atomic E-state index is 0.619. The number of nitrogens with zero attached hydrogens (tertiary/aromatic N) is 1. The van der Waals surface area contributed by atoms with Gasteiger partial charge in [0.1, 0.15) is 0 Å². The summed E-state index contributed by atoms with van der Waals surface area (Å²) in [5, 5.41) is 3.65. The fourth-order valence-corrected chi connectivity index (χ4v) is 2.78. The van der Waals surface area contributed by atoms with Crippen LogP contribution in [0.25, 0.3) is 11.1 Å². The second-order valence-corrected chi connectivity index (χ2v) is 5.67. The van der Waals surface area contributed by atoms with Crippen molar-refractivity contribution in [3.05, 3.63) is 54.6 Å². The first-order valence-corrected chi connectivity index (χ1v) is 7.42. The van der Waals surface area contributed by atoms with Crippen LogP contribution < -0.4 is 5.32 Å². The minimum Gasteiger partial charge on any atom is -0.382 e. The van der Waals surface area contributed by atoms with Crippen molar-refractivity contribution in [2.45, 2.75) is 18.9 Å². The summed E-state index contributed by atoms with van der Waals surface area (Å²) in [5.41, 5.74) is 3.79. The highest BCUT2D eigenvalue weighted by Crippen LogP contribution is 2.22. The Morgan fingerprint density at radius 2 is 1.45 bits per heavy atom. The van der Waals surface area contributed by atoms with Crippen LogP contribution in [0.2, 0.25) is 0 Å². The summed E-state index contributed by atoms with van der Waals surface area (Å²) in [6.45, 7) is 2.39. The fourth-order valence-electron chi connectivity index (χ4n) is 2.78. The quantitative estimate of drug-likeness (QED) is 0.907. The van der Waals surface area contributed by atoms with E-state index in [1.165, 1.54) is 42.7 Å². The Bertz CT molecular complexity index is 525. The van der Waals surface area contributed by atoms with E-state index in [4.69, 9.17) is 0 Å². The van der Waals surface area contributed by atoms with Crippen molar-refractivity contribution < 1.29 is 0 Å². The first-order chi connectivity index (χ1) is 9.81. The first-order valence-electron chi connectivity index (χ1n) is 7.42. The van der Waals surface area contributed by atoms with Crippen LogP contribution >= 0.6 is 0 Å². The minimum absolute atomic E-state index is 0.619. The summed E-state index contributed by atoms with van der Waals surface area (Å²) in [6, 6.07) is 19.9. The van der Waals surface area contributed by atoms with Gasteiger partial charge in [0.25, 0.3) is 0 Å². The Morgan fingerprint density at radius 1 is 0.850 bits per heavy atom. The van der Waals surface area contributed by atoms with Gasteiger partial charge >= 0.3 is 0 Å². The molecule has 0 radical (unpaired) electrons. The average molecular weight is 266 g/mol. The maximum Gasteiger partial charge on any atom is 0.0342 e. The molecule has 2 nitrogen and oxygen atoms in total. The van der Waals surface area contributed by atoms with Crippen molar-refractivity contribution in [2.24, 2.45) is 0 Å². The van der Waals surface area contributed by atoms with Gasteiger partial charge in [0.05, 0.1) is 0 Å². The number of hydrogen-bond donors (Lipinski definition) is 1. The standard InChI is InChI=1S/C18H22N2/c1-20-13-11-18(12-14-20)19-17-9-7-16(8-10-17)15-5-3-2-4-6-15/h2-10,18-19H,11-14H2,1H3. The molecule has 0 aromatic heterocycles. The molecule has 104 valence electrons. The maximum absolute atomic E-state index is 3.65. The summed E-state index contributed by atoms with van der Waals surface area (Å²) in [7, 11) is 2.20. The predicted molar refractivity (Wildman–Crippen MR) is 86.0 cm³/mol. The molecule has 2 heteroatoms. The molecule has 1 aliphatic rings. The number of rotatable bonds is 3. The molecule has 0 aliphatic carbocycles. The topological polar surface area (TPSA) is 15.3 Å². The molecule has 0 atom stereocenters. The molecule has 20 heavy (non-hydrogen) atoms. The van der Waals surface area contributed by atoms with E-state index in [9.17, 15) is 0 Å². The molecule has 0 spiro atoms. The van der Waals surface area contributed by atoms with E-state index in [1.54, 1.807) is 0 Å². The molecule has 0 unspecified atom stereocenters. The van der Waals surface area contributed by atoms with Gasteiger partial charge in [-0.15, -0.1) is 0 Å². The number of nitrogens with one attached hydrogen (secondary N) is 1. The average Bonchev–Trinajstić information content (AvgIpc) is 2.51. The normalized spacial score (nSPS) is 17.1. The zero-order chi connectivity index (χ0) is 13.8. The lowest BCUT2D eigenvalue weighted by atomic mass is 10.0. The van der Waals surface area contributed by atoms with Crippen molar-refractivity contribution >= 4 is 5.69 Å². The van der Waals surface area contributed by atoms with Gasteiger partial charge in [-0.2, -0.15) is 0 Å². The van der Waals surface area contributed by atoms with E-state index in [2.05, 4.69) is 71.9 Å². The molecule has 0 amide bonds. The lowest BCUT2D eigenvalue weighted by molar-refractivity contribution is 0.264. The van der Waals surface area contributed by atoms with Crippen LogP contribution in [0.4, 0.5) is 5.69 Å². The van der Waals surface area contributed by atoms with Crippen LogP contribution in [0.1, 0.15) is 12.8 Å². The van der Waals surface area contributed by atoms with Gasteiger partial charge in [0, 0.05) is 11.7 Å². The molecular weight excluding hydrogens is 244 g/mol. The van der Waals surface area contributed by atoms with Gasteiger partial charge in [0.2, 0.25) is 0 Å². The molecule has 1 aliphatic heterocycles. The van der Waals surface area contributed by atoms with Crippen LogP contribution in [-0.4, -0.2) is 31.1 Å². The number of likely N-dealkylation sites (tertiary alicyclic amines) is 1. The number of anilines is 1. The van der Waals surface area contributed by atoms with Gasteiger partial charge in [0.15, 0.2) is 0 Å². The van der Waals surface area contributed by atoms with Crippen molar-refractivity contribution in [2.75, 3.05) is 25.5 Å². The largest absolute Gasteiger partial charge is 0.382 e. The first kappa shape index (κ1) is 13.2. The van der Waals surface area contributed by atoms with Crippen LogP contribution in [0.3, 0.4) is 0 Å². The molecule has 0 saturated carbocycles. The van der Waals surface area contributed by atoms with Gasteiger partial charge < -0.3 is 10.2 Å². The second kappa shape index (κ2) is 6.10. The van der Waals surface area contributed by atoms with Crippen molar-refractivity contribution in [1.82, 2.24) is 4.90 Å². The molecular formula is C18H22N2. The summed E-state index contributed by atoms with van der Waals surface area (Å²) in [5.74, 6) is 0. The molecule has 3 rings (SSSR count). The highest BCUT2D eigenvalue weighted by Gasteiger charge is 2.15. The van der Waals surface area contributed by atoms with E-state index in [1.807, 2.05) is 0 Å². The van der Waals surface area contributed by atoms with Gasteiger partial charge in [-0.1, -0.05) is 42.5 Å². The van der Waals surface area contributed by atoms with E-state index < -0.39 is 0 Å². The summed E-state index contributed by atoms with van der Waals surface area (Å²) >= 11 is 0. The summed E-state index contributed by atoms with van der Waals surface area (Å²) in [4.78, 5) is 2.40. The molecule has 1 N–H and O–H groups in total. The van der Waals surface area contributed by atoms with E-state index in [0.29, 0.717) is 6.04 Å². The van der Waals surface area contributed by atoms with Crippen LogP contribution in [0, 0.1) is 0 Å². The zero-order valence-corrected chi connectivity index (χ0v) is 12.0. The third-order valence-electron chi connectivity index (χ3n) is 4.08. The Kier molecular flexibility index (Phi) is 4.03. The maximum atomic E-state index is 3.65. The van der Waals surface area contributed by atoms with E-state index >= 15 is 0 Å². The predicted octanol–water partition coefficient (Wildman–Crippen LogP) is 3.86. The lowest BCUT2D eigenvalue weighted by Crippen LogP contribution is -2.36. The van der Waals surface area contributed by atoms with Gasteiger partial charge in [-0.3, -0.25) is 0 Å². The Balaban J connectivity index is 1.65. The smallest absolute Gasteiger partial charge is 0.0342 e. The summed E-state index contributed by atoms with van der Waals surface area (Å²) < 4.78 is 0. The summed E-state index contributed by atoms with van der Waals surface area (Å²) in [6.07, 6.45) is 2.47. The SMILES string of the molecule is CN1CCC(Nc2ccc(-c3ccccc3)cc2)CC1. The van der Waals surface area contributed by atoms with E-state index in [0.717, 1.165) is 0 Å². The van der Waals surface area contributed by atoms with Crippen LogP contribution in [0.5, 0.6) is 0 Å². The molecule has 2 aromatic carbocycles. The number of hydrogen-bond acceptors (Lipinski definition) is 2. The number of piperidine rings is 1. The fraction of sp³-hybridized carbons (Fsp3) is 0.333. The molecule has 1 saturated heterocycles. The molecule has 2 aromatic rings. The molecule has 1 heterocycles. The highest BCUT2D eigenvalue weighted by atomic mass is 15.1. The van der Waals surface area contributed by atoms with Crippen molar-refractivity contribution in [1.29, 1.82) is 0 Å². The Labute approximate surface area is 121 Å². The zero-order valence-electron chi connectivity index (χ0n) is 12.0. The van der Waals surface area contributed by atoms with Gasteiger partial charge in [-0.05, 0) is 56.2 Å². The van der Waals surface area contributed by atoms with Gasteiger partial charge in [-0.25, -0.2) is 0 Å². The number of benzene rings is 2. The Morgan fingerprint density at radius 3 is 2.10 bits per heavy atom. The lowest BCUT2D eigenvalue weighted by Gasteiger charge is -2.30. The third-order valence-corrected chi connectivity index (χ3v) is 4.08. The monoisotopic (exact) mass is 266 g/mol. The molecule has 0 bridgehead atoms. The van der Waals surface area contributed by atoms with E-state index in [-0.39, 0.29) is 0 Å².